The van der Waals surface area contributed by atoms with Crippen LogP contribution in [0.15, 0.2) is 59.5 Å². The maximum atomic E-state index is 12.5. The molecule has 154 valence electrons. The van der Waals surface area contributed by atoms with E-state index in [9.17, 15) is 4.79 Å². The molecule has 2 aliphatic heterocycles. The van der Waals surface area contributed by atoms with Gasteiger partial charge in [0.05, 0.1) is 22.5 Å². The number of nitrogens with one attached hydrogen (secondary N) is 1. The molecule has 1 aliphatic carbocycles. The fourth-order valence-corrected chi connectivity index (χ4v) is 5.60. The van der Waals surface area contributed by atoms with Gasteiger partial charge in [-0.3, -0.25) is 14.7 Å². The molecule has 6 rings (SSSR count). The number of nitrogens with zero attached hydrogens (tertiary/aromatic N) is 4. The molecule has 4 heterocycles. The van der Waals surface area contributed by atoms with Gasteiger partial charge in [0.2, 0.25) is 0 Å². The van der Waals surface area contributed by atoms with Crippen LogP contribution in [0, 0.1) is 11.3 Å². The van der Waals surface area contributed by atoms with Gasteiger partial charge in [0.1, 0.15) is 0 Å². The second-order valence-corrected chi connectivity index (χ2v) is 8.80. The molecule has 0 radical (unpaired) electrons. The maximum absolute atomic E-state index is 12.5. The standard InChI is InChI=1S/C25H23N5O/c26-13-16-3-6-18(7-4-16)29-14-21-11-20(29)15-30(21)19-8-5-17(10-19)23-12-24-22(25(31)28-23)2-1-9-27-24/h1-4,6-7,9-10,12,19-21H,5,8,11,14-15H2,(H,28,31)/t19-,20-,21-/m0/s1. The second kappa shape index (κ2) is 7.07. The first kappa shape index (κ1) is 18.3. The number of aromatic nitrogens is 2. The second-order valence-electron chi connectivity index (χ2n) is 8.80. The molecular formula is C25H23N5O. The molecule has 2 fully saturated rings. The van der Waals surface area contributed by atoms with Crippen molar-refractivity contribution in [3.8, 4) is 6.07 Å². The maximum Gasteiger partial charge on any atom is 0.257 e. The summed E-state index contributed by atoms with van der Waals surface area (Å²) in [6.45, 7) is 2.10. The number of pyridine rings is 2. The van der Waals surface area contributed by atoms with Crippen molar-refractivity contribution in [3.63, 3.8) is 0 Å². The first-order valence-electron chi connectivity index (χ1n) is 10.9. The van der Waals surface area contributed by atoms with Gasteiger partial charge in [-0.1, -0.05) is 6.08 Å². The molecular weight excluding hydrogens is 386 g/mol. The highest BCUT2D eigenvalue weighted by molar-refractivity contribution is 5.81. The van der Waals surface area contributed by atoms with E-state index in [4.69, 9.17) is 5.26 Å². The average molecular weight is 409 g/mol. The number of likely N-dealkylation sites (tertiary alicyclic amines) is 1. The summed E-state index contributed by atoms with van der Waals surface area (Å²) in [5, 5.41) is 9.67. The van der Waals surface area contributed by atoms with Crippen LogP contribution in [0.4, 0.5) is 5.69 Å². The van der Waals surface area contributed by atoms with Gasteiger partial charge in [-0.25, -0.2) is 0 Å². The van der Waals surface area contributed by atoms with E-state index in [0.29, 0.717) is 29.1 Å². The number of fused-ring (bicyclic) bond motifs is 3. The van der Waals surface area contributed by atoms with E-state index >= 15 is 0 Å². The Kier molecular flexibility index (Phi) is 4.18. The molecule has 0 amide bonds. The highest BCUT2D eigenvalue weighted by Gasteiger charge is 2.45. The summed E-state index contributed by atoms with van der Waals surface area (Å²) in [4.78, 5) is 25.0. The van der Waals surface area contributed by atoms with E-state index in [1.807, 2.05) is 24.3 Å². The van der Waals surface area contributed by atoms with Crippen molar-refractivity contribution in [2.75, 3.05) is 18.0 Å². The van der Waals surface area contributed by atoms with Crippen LogP contribution in [0.25, 0.3) is 16.5 Å². The molecule has 6 nitrogen and oxygen atoms in total. The first-order chi connectivity index (χ1) is 15.2. The molecule has 2 aromatic heterocycles. The third-order valence-electron chi connectivity index (χ3n) is 7.10. The first-order valence-corrected chi connectivity index (χ1v) is 10.9. The Morgan fingerprint density at radius 1 is 1.13 bits per heavy atom. The molecule has 3 atom stereocenters. The molecule has 3 aromatic rings. The Balaban J connectivity index is 1.20. The van der Waals surface area contributed by atoms with E-state index in [1.165, 1.54) is 17.7 Å². The van der Waals surface area contributed by atoms with Gasteiger partial charge in [0.25, 0.3) is 5.56 Å². The van der Waals surface area contributed by atoms with Crippen LogP contribution in [0.1, 0.15) is 30.5 Å². The lowest BCUT2D eigenvalue weighted by molar-refractivity contribution is 0.196. The zero-order valence-electron chi connectivity index (χ0n) is 17.2. The predicted molar refractivity (Wildman–Crippen MR) is 121 cm³/mol. The van der Waals surface area contributed by atoms with Crippen molar-refractivity contribution in [2.24, 2.45) is 0 Å². The van der Waals surface area contributed by atoms with Gasteiger partial charge in [-0.15, -0.1) is 0 Å². The summed E-state index contributed by atoms with van der Waals surface area (Å²) in [7, 11) is 0. The lowest BCUT2D eigenvalue weighted by Crippen LogP contribution is -2.49. The normalized spacial score (nSPS) is 25.2. The number of benzene rings is 1. The van der Waals surface area contributed by atoms with E-state index in [1.54, 1.807) is 12.3 Å². The molecule has 31 heavy (non-hydrogen) atoms. The van der Waals surface area contributed by atoms with Crippen LogP contribution in [-0.2, 0) is 0 Å². The minimum Gasteiger partial charge on any atom is -0.366 e. The zero-order valence-corrected chi connectivity index (χ0v) is 17.2. The number of hydrogen-bond donors (Lipinski definition) is 1. The Labute approximate surface area is 180 Å². The molecule has 2 bridgehead atoms. The Morgan fingerprint density at radius 3 is 2.77 bits per heavy atom. The number of rotatable bonds is 3. The van der Waals surface area contributed by atoms with Crippen molar-refractivity contribution in [3.05, 3.63) is 76.3 Å². The number of anilines is 1. The molecule has 2 saturated heterocycles. The molecule has 3 aliphatic rings. The van der Waals surface area contributed by atoms with Gasteiger partial charge in [-0.2, -0.15) is 5.26 Å². The third kappa shape index (κ3) is 3.05. The van der Waals surface area contributed by atoms with Crippen molar-refractivity contribution < 1.29 is 0 Å². The van der Waals surface area contributed by atoms with Crippen LogP contribution >= 0.6 is 0 Å². The number of aromatic amines is 1. The summed E-state index contributed by atoms with van der Waals surface area (Å²) in [6.07, 6.45) is 7.35. The largest absolute Gasteiger partial charge is 0.366 e. The average Bonchev–Trinajstić information content (AvgIpc) is 3.55. The lowest BCUT2D eigenvalue weighted by atomic mass is 10.1. The van der Waals surface area contributed by atoms with Crippen molar-refractivity contribution >= 4 is 22.2 Å². The van der Waals surface area contributed by atoms with Crippen LogP contribution < -0.4 is 10.5 Å². The number of H-pyrrole nitrogens is 1. The topological polar surface area (TPSA) is 76.0 Å². The molecule has 0 saturated carbocycles. The Morgan fingerprint density at radius 2 is 2.00 bits per heavy atom. The van der Waals surface area contributed by atoms with Crippen LogP contribution in [-0.4, -0.2) is 46.1 Å². The lowest BCUT2D eigenvalue weighted by Gasteiger charge is -2.38. The highest BCUT2D eigenvalue weighted by Crippen LogP contribution is 2.39. The number of allylic oxidation sites excluding steroid dienone is 1. The molecule has 1 aromatic carbocycles. The van der Waals surface area contributed by atoms with Crippen molar-refractivity contribution in [2.45, 2.75) is 37.4 Å². The molecule has 0 unspecified atom stereocenters. The number of hydrogen-bond acceptors (Lipinski definition) is 5. The van der Waals surface area contributed by atoms with Crippen molar-refractivity contribution in [1.29, 1.82) is 5.26 Å². The van der Waals surface area contributed by atoms with Crippen molar-refractivity contribution in [1.82, 2.24) is 14.9 Å². The molecule has 6 heteroatoms. The Hall–Kier alpha value is -3.43. The SMILES string of the molecule is N#Cc1ccc(N2C[C@@H]3C[C@H]2CN3[C@@H]2C=C(c3cc4ncccc4c(=O)[nH]3)CC2)cc1. The summed E-state index contributed by atoms with van der Waals surface area (Å²) in [6, 6.07) is 17.3. The molecule has 1 N–H and O–H groups in total. The fraction of sp³-hybridized carbons (Fsp3) is 0.320. The fourth-order valence-electron chi connectivity index (χ4n) is 5.60. The van der Waals surface area contributed by atoms with Crippen LogP contribution in [0.3, 0.4) is 0 Å². The highest BCUT2D eigenvalue weighted by atomic mass is 16.1. The predicted octanol–water partition coefficient (Wildman–Crippen LogP) is 3.30. The van der Waals surface area contributed by atoms with Gasteiger partial charge in [-0.05, 0) is 67.3 Å². The van der Waals surface area contributed by atoms with Crippen LogP contribution in [0.2, 0.25) is 0 Å². The number of piperazine rings is 1. The summed E-state index contributed by atoms with van der Waals surface area (Å²) in [5.41, 5.74) is 4.74. The number of nitriles is 1. The third-order valence-corrected chi connectivity index (χ3v) is 7.10. The quantitative estimate of drug-likeness (QED) is 0.718. The van der Waals surface area contributed by atoms with Gasteiger partial charge < -0.3 is 9.88 Å². The van der Waals surface area contributed by atoms with Gasteiger partial charge in [0.15, 0.2) is 0 Å². The summed E-state index contributed by atoms with van der Waals surface area (Å²) >= 11 is 0. The Bertz CT molecular complexity index is 1290. The minimum atomic E-state index is -0.0664. The smallest absolute Gasteiger partial charge is 0.257 e. The van der Waals surface area contributed by atoms with Gasteiger partial charge >= 0.3 is 0 Å². The van der Waals surface area contributed by atoms with E-state index in [0.717, 1.165) is 37.1 Å². The summed E-state index contributed by atoms with van der Waals surface area (Å²) < 4.78 is 0. The monoisotopic (exact) mass is 409 g/mol. The van der Waals surface area contributed by atoms with E-state index in [-0.39, 0.29) is 5.56 Å². The van der Waals surface area contributed by atoms with E-state index < -0.39 is 0 Å². The molecule has 0 spiro atoms. The minimum absolute atomic E-state index is 0.0664. The van der Waals surface area contributed by atoms with E-state index in [2.05, 4.69) is 44.0 Å². The zero-order chi connectivity index (χ0) is 20.9. The van der Waals surface area contributed by atoms with Gasteiger partial charge in [0, 0.05) is 48.8 Å². The van der Waals surface area contributed by atoms with Crippen LogP contribution in [0.5, 0.6) is 0 Å². The summed E-state index contributed by atoms with van der Waals surface area (Å²) in [5.74, 6) is 0.